The molecule has 1 heterocycles. The highest BCUT2D eigenvalue weighted by atomic mass is 127. The number of nitrogens with zero attached hydrogens (tertiary/aromatic N) is 1. The fraction of sp³-hybridized carbons (Fsp3) is 0.111. The Kier molecular flexibility index (Phi) is 2.28. The van der Waals surface area contributed by atoms with Crippen LogP contribution < -0.4 is 0 Å². The minimum Gasteiger partial charge on any atom is -0.338 e. The zero-order chi connectivity index (χ0) is 8.55. The van der Waals surface area contributed by atoms with Gasteiger partial charge in [-0.3, -0.25) is 0 Å². The third-order valence-corrected chi connectivity index (χ3v) is 2.83. The van der Waals surface area contributed by atoms with E-state index in [0.717, 1.165) is 9.57 Å². The van der Waals surface area contributed by atoms with E-state index in [1.807, 2.05) is 12.1 Å². The lowest BCUT2D eigenvalue weighted by Gasteiger charge is -1.98. The summed E-state index contributed by atoms with van der Waals surface area (Å²) in [4.78, 5) is 0. The van der Waals surface area contributed by atoms with E-state index in [-0.39, 0.29) is 0 Å². The molecule has 0 fully saturated rings. The van der Waals surface area contributed by atoms with E-state index in [2.05, 4.69) is 45.5 Å². The van der Waals surface area contributed by atoms with Gasteiger partial charge in [-0.2, -0.15) is 0 Å². The van der Waals surface area contributed by atoms with Crippen molar-refractivity contribution in [3.63, 3.8) is 0 Å². The number of benzene rings is 1. The summed E-state index contributed by atoms with van der Waals surface area (Å²) in [5, 5.41) is 2.01. The van der Waals surface area contributed by atoms with Crippen molar-refractivity contribution in [3.05, 3.63) is 35.5 Å². The van der Waals surface area contributed by atoms with E-state index in [1.165, 1.54) is 10.9 Å². The summed E-state index contributed by atoms with van der Waals surface area (Å²) in [6, 6.07) is 8.04. The van der Waals surface area contributed by atoms with Gasteiger partial charge in [-0.05, 0) is 24.3 Å². The number of alkyl halides is 1. The zero-order valence-corrected chi connectivity index (χ0v) is 9.21. The van der Waals surface area contributed by atoms with Crippen LogP contribution in [0.2, 0.25) is 5.02 Å². The van der Waals surface area contributed by atoms with Crippen LogP contribution in [-0.2, 0) is 4.55 Å². The maximum absolute atomic E-state index is 5.86. The topological polar surface area (TPSA) is 4.93 Å². The van der Waals surface area contributed by atoms with Crippen molar-refractivity contribution in [1.29, 1.82) is 0 Å². The van der Waals surface area contributed by atoms with Crippen molar-refractivity contribution in [2.24, 2.45) is 0 Å². The highest BCUT2D eigenvalue weighted by Crippen LogP contribution is 2.20. The Morgan fingerprint density at radius 1 is 1.33 bits per heavy atom. The van der Waals surface area contributed by atoms with Gasteiger partial charge in [0.2, 0.25) is 0 Å². The molecule has 2 aromatic rings. The van der Waals surface area contributed by atoms with Crippen molar-refractivity contribution >= 4 is 45.1 Å². The Morgan fingerprint density at radius 2 is 2.17 bits per heavy atom. The van der Waals surface area contributed by atoms with Crippen molar-refractivity contribution < 1.29 is 0 Å². The summed E-state index contributed by atoms with van der Waals surface area (Å²) < 4.78 is 3.16. The van der Waals surface area contributed by atoms with Gasteiger partial charge in [-0.15, -0.1) is 0 Å². The Morgan fingerprint density at radius 3 is 2.92 bits per heavy atom. The van der Waals surface area contributed by atoms with Gasteiger partial charge in [0.15, 0.2) is 0 Å². The molecule has 0 aliphatic rings. The predicted octanol–water partition coefficient (Wildman–Crippen LogP) is 3.69. The molecule has 1 aromatic heterocycles. The minimum absolute atomic E-state index is 0.800. The quantitative estimate of drug-likeness (QED) is 0.558. The van der Waals surface area contributed by atoms with Crippen molar-refractivity contribution in [2.75, 3.05) is 0 Å². The third-order valence-electron chi connectivity index (χ3n) is 1.86. The highest BCUT2D eigenvalue weighted by Gasteiger charge is 1.98. The second kappa shape index (κ2) is 3.26. The zero-order valence-electron chi connectivity index (χ0n) is 6.30. The van der Waals surface area contributed by atoms with E-state index in [0.29, 0.717) is 0 Å². The smallest absolute Gasteiger partial charge is 0.0742 e. The molecular formula is C9H7ClIN. The lowest BCUT2D eigenvalue weighted by atomic mass is 10.2. The summed E-state index contributed by atoms with van der Waals surface area (Å²) in [6.07, 6.45) is 2.08. The maximum atomic E-state index is 5.86. The molecule has 0 unspecified atom stereocenters. The molecule has 0 spiro atoms. The molecule has 0 radical (unpaired) electrons. The molecule has 12 heavy (non-hydrogen) atoms. The molecule has 1 aromatic carbocycles. The summed E-state index contributed by atoms with van der Waals surface area (Å²) in [5.74, 6) is 0. The Bertz CT molecular complexity index is 408. The molecule has 0 aliphatic carbocycles. The standard InChI is InChI=1S/C9H7ClIN/c10-8-1-2-9-7(5-8)3-4-12(9)6-11/h1-5H,6H2. The number of fused-ring (bicyclic) bond motifs is 1. The molecule has 0 N–H and O–H groups in total. The van der Waals surface area contributed by atoms with E-state index >= 15 is 0 Å². The summed E-state index contributed by atoms with van der Waals surface area (Å²) in [6.45, 7) is 0. The molecule has 62 valence electrons. The molecule has 0 atom stereocenters. The SMILES string of the molecule is Clc1ccc2c(ccn2CI)c1. The van der Waals surface area contributed by atoms with Crippen LogP contribution in [0, 0.1) is 0 Å². The van der Waals surface area contributed by atoms with Crippen LogP contribution in [-0.4, -0.2) is 4.57 Å². The van der Waals surface area contributed by atoms with Gasteiger partial charge < -0.3 is 4.57 Å². The normalized spacial score (nSPS) is 10.8. The Labute approximate surface area is 89.5 Å². The average Bonchev–Trinajstić information content (AvgIpc) is 2.46. The molecule has 0 saturated carbocycles. The van der Waals surface area contributed by atoms with Crippen molar-refractivity contribution in [1.82, 2.24) is 4.57 Å². The molecule has 3 heteroatoms. The summed E-state index contributed by atoms with van der Waals surface area (Å²) >= 11 is 8.20. The first kappa shape index (κ1) is 8.38. The summed E-state index contributed by atoms with van der Waals surface area (Å²) in [7, 11) is 0. The molecule has 0 bridgehead atoms. The number of halogens is 2. The van der Waals surface area contributed by atoms with Gasteiger partial charge in [-0.1, -0.05) is 34.2 Å². The van der Waals surface area contributed by atoms with E-state index in [9.17, 15) is 0 Å². The van der Waals surface area contributed by atoms with Crippen LogP contribution in [0.4, 0.5) is 0 Å². The second-order valence-electron chi connectivity index (χ2n) is 2.61. The van der Waals surface area contributed by atoms with E-state index < -0.39 is 0 Å². The highest BCUT2D eigenvalue weighted by molar-refractivity contribution is 14.1. The predicted molar refractivity (Wildman–Crippen MR) is 61.0 cm³/mol. The lowest BCUT2D eigenvalue weighted by Crippen LogP contribution is -1.86. The van der Waals surface area contributed by atoms with Gasteiger partial charge in [-0.25, -0.2) is 0 Å². The minimum atomic E-state index is 0.800. The fourth-order valence-corrected chi connectivity index (χ4v) is 2.05. The second-order valence-corrected chi connectivity index (χ2v) is 3.73. The van der Waals surface area contributed by atoms with Crippen LogP contribution in [0.15, 0.2) is 30.5 Å². The Hall–Kier alpha value is -0.220. The molecular weight excluding hydrogens is 284 g/mol. The monoisotopic (exact) mass is 291 g/mol. The first-order valence-corrected chi connectivity index (χ1v) is 5.52. The number of aromatic nitrogens is 1. The fourth-order valence-electron chi connectivity index (χ4n) is 1.28. The molecule has 2 rings (SSSR count). The molecule has 1 nitrogen and oxygen atoms in total. The van der Waals surface area contributed by atoms with Crippen LogP contribution in [0.5, 0.6) is 0 Å². The van der Waals surface area contributed by atoms with E-state index in [1.54, 1.807) is 0 Å². The first-order valence-electron chi connectivity index (χ1n) is 3.61. The Balaban J connectivity index is 2.73. The first-order chi connectivity index (χ1) is 5.81. The van der Waals surface area contributed by atoms with Crippen LogP contribution in [0.1, 0.15) is 0 Å². The molecule has 0 aliphatic heterocycles. The largest absolute Gasteiger partial charge is 0.338 e. The summed E-state index contributed by atoms with van der Waals surface area (Å²) in [5.41, 5.74) is 1.24. The van der Waals surface area contributed by atoms with Crippen LogP contribution in [0.25, 0.3) is 10.9 Å². The van der Waals surface area contributed by atoms with Gasteiger partial charge >= 0.3 is 0 Å². The lowest BCUT2D eigenvalue weighted by molar-refractivity contribution is 0.969. The molecule has 0 saturated heterocycles. The van der Waals surface area contributed by atoms with Crippen molar-refractivity contribution in [2.45, 2.75) is 4.55 Å². The maximum Gasteiger partial charge on any atom is 0.0742 e. The van der Waals surface area contributed by atoms with Crippen LogP contribution >= 0.6 is 34.2 Å². The van der Waals surface area contributed by atoms with Gasteiger partial charge in [0.25, 0.3) is 0 Å². The van der Waals surface area contributed by atoms with Crippen molar-refractivity contribution in [3.8, 4) is 0 Å². The average molecular weight is 292 g/mol. The van der Waals surface area contributed by atoms with Gasteiger partial charge in [0.1, 0.15) is 0 Å². The number of hydrogen-bond donors (Lipinski definition) is 0. The van der Waals surface area contributed by atoms with Gasteiger partial charge in [0.05, 0.1) is 4.55 Å². The van der Waals surface area contributed by atoms with Gasteiger partial charge in [0, 0.05) is 22.1 Å². The number of rotatable bonds is 1. The van der Waals surface area contributed by atoms with E-state index in [4.69, 9.17) is 11.6 Å². The number of hydrogen-bond acceptors (Lipinski definition) is 0. The molecule has 0 amide bonds. The van der Waals surface area contributed by atoms with Crippen LogP contribution in [0.3, 0.4) is 0 Å². The third kappa shape index (κ3) is 1.33.